The van der Waals surface area contributed by atoms with Crippen LogP contribution in [0.5, 0.6) is 0 Å². The molecule has 3 amide bonds. The fourth-order valence-corrected chi connectivity index (χ4v) is 6.00. The molecule has 2 fully saturated rings. The van der Waals surface area contributed by atoms with E-state index in [4.69, 9.17) is 23.2 Å². The number of halogens is 2. The van der Waals surface area contributed by atoms with Gasteiger partial charge in [0, 0.05) is 22.3 Å². The highest BCUT2D eigenvalue weighted by molar-refractivity contribution is 7.98. The lowest BCUT2D eigenvalue weighted by Crippen LogP contribution is -2.53. The molecule has 2 aromatic rings. The summed E-state index contributed by atoms with van der Waals surface area (Å²) in [7, 11) is 0. The van der Waals surface area contributed by atoms with Crippen LogP contribution >= 0.6 is 35.0 Å². The van der Waals surface area contributed by atoms with Crippen LogP contribution in [-0.2, 0) is 19.9 Å². The van der Waals surface area contributed by atoms with E-state index in [0.29, 0.717) is 22.7 Å². The molecule has 0 aliphatic carbocycles. The van der Waals surface area contributed by atoms with Crippen molar-refractivity contribution in [2.24, 2.45) is 11.8 Å². The molecule has 0 radical (unpaired) electrons. The molecular weight excluding hydrogens is 457 g/mol. The first kappa shape index (κ1) is 20.8. The highest BCUT2D eigenvalue weighted by Gasteiger charge is 2.70. The van der Waals surface area contributed by atoms with E-state index < -0.39 is 23.3 Å². The number of nitrogens with one attached hydrogen (secondary N) is 2. The summed E-state index contributed by atoms with van der Waals surface area (Å²) in [5.41, 5.74) is 0.311. The maximum absolute atomic E-state index is 13.8. The second-order valence-electron chi connectivity index (χ2n) is 7.95. The number of fused-ring (bicyclic) bond motifs is 4. The van der Waals surface area contributed by atoms with Gasteiger partial charge in [-0.1, -0.05) is 41.4 Å². The number of thioether (sulfide) groups is 1. The van der Waals surface area contributed by atoms with Crippen LogP contribution in [0.25, 0.3) is 0 Å². The molecule has 0 unspecified atom stereocenters. The average Bonchev–Trinajstić information content (AvgIpc) is 3.33. The molecule has 6 nitrogen and oxygen atoms in total. The summed E-state index contributed by atoms with van der Waals surface area (Å²) >= 11 is 14.1. The van der Waals surface area contributed by atoms with Crippen molar-refractivity contribution in [1.82, 2.24) is 5.32 Å². The maximum atomic E-state index is 13.8. The highest BCUT2D eigenvalue weighted by Crippen LogP contribution is 2.54. The standard InChI is InChI=1S/C22H19Cl2N3O3S/c1-31-9-8-15-17-18(22(26-15)12-4-2-3-5-14(12)25-21(22)30)20(29)27(19(17)28)16-10-11(23)6-7-13(16)24/h2-7,10,15,17-18,26H,8-9H2,1H3,(H,25,30)/t15-,17+,18+,22-/m0/s1. The summed E-state index contributed by atoms with van der Waals surface area (Å²) in [6, 6.07) is 11.7. The Morgan fingerprint density at radius 1 is 1.10 bits per heavy atom. The van der Waals surface area contributed by atoms with Gasteiger partial charge in [0.05, 0.1) is 22.5 Å². The number of carbonyl (C=O) groups is 3. The Balaban J connectivity index is 1.67. The number of hydrogen-bond acceptors (Lipinski definition) is 5. The fourth-order valence-electron chi connectivity index (χ4n) is 5.15. The number of amides is 3. The number of anilines is 2. The molecule has 5 rings (SSSR count). The molecule has 9 heteroatoms. The van der Waals surface area contributed by atoms with E-state index in [1.807, 2.05) is 24.5 Å². The van der Waals surface area contributed by atoms with Gasteiger partial charge in [0.2, 0.25) is 17.7 Å². The van der Waals surface area contributed by atoms with Crippen molar-refractivity contribution in [2.75, 3.05) is 22.2 Å². The molecular formula is C22H19Cl2N3O3S. The Morgan fingerprint density at radius 3 is 2.65 bits per heavy atom. The lowest BCUT2D eigenvalue weighted by atomic mass is 9.76. The largest absolute Gasteiger partial charge is 0.324 e. The van der Waals surface area contributed by atoms with Crippen LogP contribution < -0.4 is 15.5 Å². The molecule has 160 valence electrons. The number of hydrogen-bond donors (Lipinski definition) is 2. The molecule has 3 aliphatic heterocycles. The first-order valence-electron chi connectivity index (χ1n) is 9.90. The van der Waals surface area contributed by atoms with Gasteiger partial charge in [-0.3, -0.25) is 19.7 Å². The lowest BCUT2D eigenvalue weighted by molar-refractivity contribution is -0.130. The van der Waals surface area contributed by atoms with Crippen LogP contribution in [-0.4, -0.2) is 35.8 Å². The Kier molecular flexibility index (Phi) is 5.05. The van der Waals surface area contributed by atoms with Crippen molar-refractivity contribution in [3.8, 4) is 0 Å². The predicted molar refractivity (Wildman–Crippen MR) is 123 cm³/mol. The van der Waals surface area contributed by atoms with Crippen molar-refractivity contribution in [2.45, 2.75) is 18.0 Å². The third-order valence-corrected chi connectivity index (χ3v) is 7.60. The molecule has 0 aromatic heterocycles. The average molecular weight is 476 g/mol. The van der Waals surface area contributed by atoms with Crippen LogP contribution in [0.3, 0.4) is 0 Å². The van der Waals surface area contributed by atoms with Crippen LogP contribution in [0.15, 0.2) is 42.5 Å². The quantitative estimate of drug-likeness (QED) is 0.659. The number of carbonyl (C=O) groups excluding carboxylic acids is 3. The Bertz CT molecular complexity index is 1130. The SMILES string of the molecule is CSCC[C@@H]1N[C@]2(C(=O)Nc3ccccc32)[C@H]2C(=O)N(c3cc(Cl)ccc3Cl)C(=O)[C@H]12. The fraction of sp³-hybridized carbons (Fsp3) is 0.318. The lowest BCUT2D eigenvalue weighted by Gasteiger charge is -2.29. The first-order valence-corrected chi connectivity index (χ1v) is 12.1. The Labute approximate surface area is 193 Å². The zero-order chi connectivity index (χ0) is 21.9. The third-order valence-electron chi connectivity index (χ3n) is 6.40. The number of rotatable bonds is 4. The van der Waals surface area contributed by atoms with Crippen molar-refractivity contribution >= 4 is 64.1 Å². The van der Waals surface area contributed by atoms with Crippen LogP contribution in [0.2, 0.25) is 10.0 Å². The van der Waals surface area contributed by atoms with Gasteiger partial charge in [0.25, 0.3) is 0 Å². The summed E-state index contributed by atoms with van der Waals surface area (Å²) in [4.78, 5) is 41.8. The van der Waals surface area contributed by atoms with E-state index in [1.54, 1.807) is 30.0 Å². The van der Waals surface area contributed by atoms with E-state index in [9.17, 15) is 14.4 Å². The summed E-state index contributed by atoms with van der Waals surface area (Å²) in [5, 5.41) is 6.93. The molecule has 3 heterocycles. The monoisotopic (exact) mass is 475 g/mol. The van der Waals surface area contributed by atoms with Crippen LogP contribution in [0.1, 0.15) is 12.0 Å². The summed E-state index contributed by atoms with van der Waals surface area (Å²) in [6.45, 7) is 0. The zero-order valence-electron chi connectivity index (χ0n) is 16.5. The number of imide groups is 1. The van der Waals surface area contributed by atoms with Crippen molar-refractivity contribution in [3.05, 3.63) is 58.1 Å². The van der Waals surface area contributed by atoms with E-state index in [0.717, 1.165) is 10.7 Å². The smallest absolute Gasteiger partial charge is 0.250 e. The van der Waals surface area contributed by atoms with E-state index in [1.165, 1.54) is 6.07 Å². The molecule has 0 bridgehead atoms. The van der Waals surface area contributed by atoms with Gasteiger partial charge < -0.3 is 5.32 Å². The van der Waals surface area contributed by atoms with Crippen LogP contribution in [0, 0.1) is 11.8 Å². The van der Waals surface area contributed by atoms with Gasteiger partial charge in [-0.15, -0.1) is 0 Å². The second kappa shape index (κ2) is 7.52. The van der Waals surface area contributed by atoms with Crippen molar-refractivity contribution in [1.29, 1.82) is 0 Å². The van der Waals surface area contributed by atoms with E-state index >= 15 is 0 Å². The van der Waals surface area contributed by atoms with Gasteiger partial charge in [-0.05, 0) is 42.7 Å². The van der Waals surface area contributed by atoms with Crippen molar-refractivity contribution in [3.63, 3.8) is 0 Å². The number of para-hydroxylation sites is 1. The molecule has 2 aromatic carbocycles. The summed E-state index contributed by atoms with van der Waals surface area (Å²) < 4.78 is 0. The van der Waals surface area contributed by atoms with Gasteiger partial charge in [-0.2, -0.15) is 11.8 Å². The third kappa shape index (κ3) is 2.87. The van der Waals surface area contributed by atoms with Gasteiger partial charge in [0.1, 0.15) is 5.54 Å². The van der Waals surface area contributed by atoms with E-state index in [-0.39, 0.29) is 28.6 Å². The molecule has 3 aliphatic rings. The molecule has 4 atom stereocenters. The summed E-state index contributed by atoms with van der Waals surface area (Å²) in [6.07, 6.45) is 2.63. The minimum absolute atomic E-state index is 0.254. The summed E-state index contributed by atoms with van der Waals surface area (Å²) in [5.74, 6) is -1.86. The maximum Gasteiger partial charge on any atom is 0.250 e. The second-order valence-corrected chi connectivity index (χ2v) is 9.78. The first-order chi connectivity index (χ1) is 14.9. The van der Waals surface area contributed by atoms with Crippen LogP contribution in [0.4, 0.5) is 11.4 Å². The molecule has 0 saturated carbocycles. The molecule has 1 spiro atoms. The Morgan fingerprint density at radius 2 is 1.87 bits per heavy atom. The number of nitrogens with zero attached hydrogens (tertiary/aromatic N) is 1. The predicted octanol–water partition coefficient (Wildman–Crippen LogP) is 3.67. The molecule has 2 saturated heterocycles. The normalized spacial score (nSPS) is 28.9. The van der Waals surface area contributed by atoms with Crippen molar-refractivity contribution < 1.29 is 14.4 Å². The minimum atomic E-state index is -1.29. The minimum Gasteiger partial charge on any atom is -0.324 e. The number of benzene rings is 2. The zero-order valence-corrected chi connectivity index (χ0v) is 18.9. The highest BCUT2D eigenvalue weighted by atomic mass is 35.5. The molecule has 2 N–H and O–H groups in total. The van der Waals surface area contributed by atoms with Gasteiger partial charge in [0.15, 0.2) is 0 Å². The topological polar surface area (TPSA) is 78.5 Å². The van der Waals surface area contributed by atoms with Gasteiger partial charge >= 0.3 is 0 Å². The molecule has 31 heavy (non-hydrogen) atoms. The van der Waals surface area contributed by atoms with E-state index in [2.05, 4.69) is 10.6 Å². The van der Waals surface area contributed by atoms with Gasteiger partial charge in [-0.25, -0.2) is 4.90 Å². The Hall–Kier alpha value is -2.06.